The summed E-state index contributed by atoms with van der Waals surface area (Å²) in [6, 6.07) is 6.99. The van der Waals surface area contributed by atoms with Gasteiger partial charge in [0.05, 0.1) is 17.2 Å². The molecule has 0 radical (unpaired) electrons. The van der Waals surface area contributed by atoms with Crippen molar-refractivity contribution in [3.05, 3.63) is 58.4 Å². The van der Waals surface area contributed by atoms with Crippen LogP contribution in [0.3, 0.4) is 0 Å². The number of hydrogen-bond donors (Lipinski definition) is 1. The third-order valence-corrected chi connectivity index (χ3v) is 3.14. The predicted octanol–water partition coefficient (Wildman–Crippen LogP) is 4.66. The zero-order valence-electron chi connectivity index (χ0n) is 10.0. The largest absolute Gasteiger partial charge is 0.416 e. The topological polar surface area (TPSA) is 20.2 Å². The van der Waals surface area contributed by atoms with E-state index in [4.69, 9.17) is 11.6 Å². The first-order chi connectivity index (χ1) is 9.34. The van der Waals surface area contributed by atoms with Gasteiger partial charge in [0.25, 0.3) is 0 Å². The molecule has 6 heteroatoms. The second-order valence-electron chi connectivity index (χ2n) is 4.13. The van der Waals surface area contributed by atoms with Crippen molar-refractivity contribution in [2.75, 3.05) is 0 Å². The first-order valence-electron chi connectivity index (χ1n) is 5.60. The van der Waals surface area contributed by atoms with Gasteiger partial charge in [0.1, 0.15) is 5.82 Å². The van der Waals surface area contributed by atoms with Crippen molar-refractivity contribution in [1.29, 1.82) is 0 Å². The van der Waals surface area contributed by atoms with Gasteiger partial charge in [-0.25, -0.2) is 4.39 Å². The van der Waals surface area contributed by atoms with Crippen molar-refractivity contribution in [1.82, 2.24) is 0 Å². The summed E-state index contributed by atoms with van der Waals surface area (Å²) in [5.74, 6) is -0.733. The van der Waals surface area contributed by atoms with Crippen LogP contribution >= 0.6 is 11.6 Å². The molecule has 20 heavy (non-hydrogen) atoms. The number of alkyl halides is 3. The van der Waals surface area contributed by atoms with Crippen molar-refractivity contribution in [3.8, 4) is 11.1 Å². The van der Waals surface area contributed by atoms with E-state index in [0.717, 1.165) is 18.2 Å². The Hall–Kier alpha value is -1.59. The molecule has 2 rings (SSSR count). The van der Waals surface area contributed by atoms with E-state index in [0.29, 0.717) is 0 Å². The zero-order valence-corrected chi connectivity index (χ0v) is 10.8. The minimum Gasteiger partial charge on any atom is -0.392 e. The van der Waals surface area contributed by atoms with Crippen molar-refractivity contribution >= 4 is 11.6 Å². The Balaban J connectivity index is 2.61. The van der Waals surface area contributed by atoms with Crippen LogP contribution < -0.4 is 0 Å². The summed E-state index contributed by atoms with van der Waals surface area (Å²) in [5.41, 5.74) is -0.676. The van der Waals surface area contributed by atoms with E-state index >= 15 is 0 Å². The molecule has 0 spiro atoms. The van der Waals surface area contributed by atoms with Gasteiger partial charge in [-0.3, -0.25) is 0 Å². The van der Waals surface area contributed by atoms with Crippen LogP contribution in [-0.4, -0.2) is 5.11 Å². The summed E-state index contributed by atoms with van der Waals surface area (Å²) in [6.07, 6.45) is -4.52. The lowest BCUT2D eigenvalue weighted by atomic mass is 9.97. The highest BCUT2D eigenvalue weighted by atomic mass is 35.5. The molecule has 0 aliphatic heterocycles. The standard InChI is InChI=1S/C14H9ClF4O/c15-12-3-1-2-11(13(12)16)10-5-4-9(14(17,18)19)6-8(10)7-20/h1-6,20H,7H2. The molecule has 0 aromatic heterocycles. The average Bonchev–Trinajstić information content (AvgIpc) is 2.40. The molecule has 0 fully saturated rings. The SMILES string of the molecule is OCc1cc(C(F)(F)F)ccc1-c1cccc(Cl)c1F. The molecule has 1 nitrogen and oxygen atoms in total. The Morgan fingerprint density at radius 2 is 1.75 bits per heavy atom. The molecule has 2 aromatic carbocycles. The molecular weight excluding hydrogens is 296 g/mol. The Kier molecular flexibility index (Phi) is 4.01. The summed E-state index contributed by atoms with van der Waals surface area (Å²) in [6.45, 7) is -0.634. The van der Waals surface area contributed by atoms with Crippen LogP contribution in [0.2, 0.25) is 5.02 Å². The van der Waals surface area contributed by atoms with Crippen molar-refractivity contribution in [2.24, 2.45) is 0 Å². The fraction of sp³-hybridized carbons (Fsp3) is 0.143. The minimum atomic E-state index is -4.52. The van der Waals surface area contributed by atoms with E-state index in [-0.39, 0.29) is 21.7 Å². The third-order valence-electron chi connectivity index (χ3n) is 2.84. The number of aliphatic hydroxyl groups excluding tert-OH is 1. The Morgan fingerprint density at radius 3 is 2.35 bits per heavy atom. The van der Waals surface area contributed by atoms with E-state index in [2.05, 4.69) is 0 Å². The summed E-state index contributed by atoms with van der Waals surface area (Å²) in [4.78, 5) is 0. The van der Waals surface area contributed by atoms with Crippen molar-refractivity contribution in [3.63, 3.8) is 0 Å². The number of benzene rings is 2. The van der Waals surface area contributed by atoms with Crippen LogP contribution in [0.25, 0.3) is 11.1 Å². The number of hydrogen-bond acceptors (Lipinski definition) is 1. The smallest absolute Gasteiger partial charge is 0.392 e. The maximum Gasteiger partial charge on any atom is 0.416 e. The summed E-state index contributed by atoms with van der Waals surface area (Å²) >= 11 is 5.65. The van der Waals surface area contributed by atoms with Gasteiger partial charge in [0.2, 0.25) is 0 Å². The summed E-state index contributed by atoms with van der Waals surface area (Å²) in [5, 5.41) is 9.07. The van der Waals surface area contributed by atoms with Crippen LogP contribution in [0.1, 0.15) is 11.1 Å². The monoisotopic (exact) mass is 304 g/mol. The van der Waals surface area contributed by atoms with E-state index in [9.17, 15) is 22.7 Å². The molecule has 0 bridgehead atoms. The van der Waals surface area contributed by atoms with Gasteiger partial charge in [0, 0.05) is 5.56 Å². The maximum atomic E-state index is 13.9. The molecule has 0 atom stereocenters. The second kappa shape index (κ2) is 5.42. The van der Waals surface area contributed by atoms with Gasteiger partial charge in [-0.05, 0) is 29.3 Å². The maximum absolute atomic E-state index is 13.9. The second-order valence-corrected chi connectivity index (χ2v) is 4.54. The Labute approximate surface area is 117 Å². The lowest BCUT2D eigenvalue weighted by Crippen LogP contribution is -2.06. The molecule has 0 aliphatic rings. The highest BCUT2D eigenvalue weighted by Crippen LogP contribution is 2.35. The highest BCUT2D eigenvalue weighted by molar-refractivity contribution is 6.31. The minimum absolute atomic E-state index is 0.0130. The number of halogens is 5. The van der Waals surface area contributed by atoms with Gasteiger partial charge in [-0.1, -0.05) is 29.8 Å². The number of rotatable bonds is 2. The molecule has 0 saturated heterocycles. The van der Waals surface area contributed by atoms with Gasteiger partial charge in [0.15, 0.2) is 0 Å². The van der Waals surface area contributed by atoms with Gasteiger partial charge < -0.3 is 5.11 Å². The molecule has 0 aliphatic carbocycles. The number of aliphatic hydroxyl groups is 1. The molecule has 0 amide bonds. The molecule has 0 heterocycles. The molecule has 2 aromatic rings. The van der Waals surface area contributed by atoms with Crippen LogP contribution in [0.4, 0.5) is 17.6 Å². The van der Waals surface area contributed by atoms with Crippen LogP contribution in [-0.2, 0) is 12.8 Å². The quantitative estimate of drug-likeness (QED) is 0.800. The van der Waals surface area contributed by atoms with Crippen LogP contribution in [0.5, 0.6) is 0 Å². The normalized spacial score (nSPS) is 11.7. The van der Waals surface area contributed by atoms with Gasteiger partial charge >= 0.3 is 6.18 Å². The third kappa shape index (κ3) is 2.78. The lowest BCUT2D eigenvalue weighted by molar-refractivity contribution is -0.137. The molecule has 1 N–H and O–H groups in total. The van der Waals surface area contributed by atoms with Crippen LogP contribution in [0, 0.1) is 5.82 Å². The van der Waals surface area contributed by atoms with E-state index < -0.39 is 24.2 Å². The van der Waals surface area contributed by atoms with E-state index in [1.807, 2.05) is 0 Å². The van der Waals surface area contributed by atoms with Crippen LogP contribution in [0.15, 0.2) is 36.4 Å². The first-order valence-corrected chi connectivity index (χ1v) is 5.97. The van der Waals surface area contributed by atoms with E-state index in [1.165, 1.54) is 18.2 Å². The van der Waals surface area contributed by atoms with Crippen molar-refractivity contribution < 1.29 is 22.7 Å². The molecular formula is C14H9ClF4O. The Morgan fingerprint density at radius 1 is 1.05 bits per heavy atom. The van der Waals surface area contributed by atoms with E-state index in [1.54, 1.807) is 0 Å². The summed E-state index contributed by atoms with van der Waals surface area (Å²) < 4.78 is 51.7. The average molecular weight is 305 g/mol. The van der Waals surface area contributed by atoms with Gasteiger partial charge in [-0.2, -0.15) is 13.2 Å². The highest BCUT2D eigenvalue weighted by Gasteiger charge is 2.31. The van der Waals surface area contributed by atoms with Crippen molar-refractivity contribution in [2.45, 2.75) is 12.8 Å². The fourth-order valence-corrected chi connectivity index (χ4v) is 2.05. The molecule has 0 unspecified atom stereocenters. The predicted molar refractivity (Wildman–Crippen MR) is 67.8 cm³/mol. The lowest BCUT2D eigenvalue weighted by Gasteiger charge is -2.13. The molecule has 106 valence electrons. The molecule has 0 saturated carbocycles. The van der Waals surface area contributed by atoms with Gasteiger partial charge in [-0.15, -0.1) is 0 Å². The zero-order chi connectivity index (χ0) is 14.9. The first kappa shape index (κ1) is 14.8. The fourth-order valence-electron chi connectivity index (χ4n) is 1.88. The Bertz CT molecular complexity index is 638. The summed E-state index contributed by atoms with van der Waals surface area (Å²) in [7, 11) is 0.